The van der Waals surface area contributed by atoms with Crippen LogP contribution in [0.2, 0.25) is 0 Å². The van der Waals surface area contributed by atoms with Gasteiger partial charge in [-0.1, -0.05) is 306 Å². The fourth-order valence-corrected chi connectivity index (χ4v) is 15.1. The molecule has 0 spiro atoms. The normalized spacial score (nSPS) is 13.9. The first-order valence-corrected chi connectivity index (χ1v) is 44.5. The summed E-state index contributed by atoms with van der Waals surface area (Å²) in [5.41, 5.74) is 0. The summed E-state index contributed by atoms with van der Waals surface area (Å²) >= 11 is 0. The van der Waals surface area contributed by atoms with E-state index in [1.807, 2.05) is 28.2 Å². The molecule has 0 aromatic heterocycles. The summed E-state index contributed by atoms with van der Waals surface area (Å²) in [6, 6.07) is 0. The van der Waals surface area contributed by atoms with E-state index in [1.165, 1.54) is 180 Å². The van der Waals surface area contributed by atoms with Crippen LogP contribution in [-0.4, -0.2) is 160 Å². The molecule has 0 aromatic rings. The summed E-state index contributed by atoms with van der Waals surface area (Å²) in [5.74, 6) is -0.137. The highest BCUT2D eigenvalue weighted by molar-refractivity contribution is 8.76. The molecule has 0 aliphatic heterocycles. The van der Waals surface area contributed by atoms with Gasteiger partial charge in [0.1, 0.15) is 52.7 Å². The van der Waals surface area contributed by atoms with Crippen molar-refractivity contribution in [3.63, 3.8) is 0 Å². The van der Waals surface area contributed by atoms with Crippen molar-refractivity contribution in [2.45, 2.75) is 348 Å². The number of esters is 4. The second-order valence-electron chi connectivity index (χ2n) is 28.3. The Kier molecular flexibility index (Phi) is 65.4. The Morgan fingerprint density at radius 2 is 0.542 bits per heavy atom. The fraction of sp³-hybridized carbons (Fsp3) is 0.946. The zero-order chi connectivity index (χ0) is 71.0. The Hall–Kier alpha value is -0.960. The van der Waals surface area contributed by atoms with E-state index in [4.69, 9.17) is 37.0 Å². The lowest BCUT2D eigenvalue weighted by atomic mass is 10.1. The Bertz CT molecular complexity index is 1670. The van der Waals surface area contributed by atoms with Gasteiger partial charge in [-0.25, -0.2) is 0 Å². The lowest BCUT2D eigenvalue weighted by molar-refractivity contribution is -0.888. The van der Waals surface area contributed by atoms with E-state index in [2.05, 4.69) is 27.7 Å². The number of rotatable bonds is 75. The van der Waals surface area contributed by atoms with E-state index in [1.54, 1.807) is 21.6 Å². The molecule has 0 aromatic carbocycles. The van der Waals surface area contributed by atoms with Crippen LogP contribution in [0.15, 0.2) is 0 Å². The quantitative estimate of drug-likeness (QED) is 0.0144. The van der Waals surface area contributed by atoms with Crippen LogP contribution in [0.5, 0.6) is 0 Å². The van der Waals surface area contributed by atoms with Crippen molar-refractivity contribution in [3.8, 4) is 0 Å². The number of carbonyl (C=O) groups is 4. The highest BCUT2D eigenvalue weighted by Crippen LogP contribution is 2.48. The molecule has 4 unspecified atom stereocenters. The van der Waals surface area contributed by atoms with Crippen LogP contribution in [0.4, 0.5) is 0 Å². The van der Waals surface area contributed by atoms with Crippen LogP contribution in [0.25, 0.3) is 0 Å². The standard InChI is InChI=1S/C74H146N2O16P2S2/c1-9-13-17-21-25-29-33-37-41-45-49-53-71(77)85-65-69(91-73(79)55-51-47-43-39-35-31-27-23-19-15-11-3)67-89-93(81,82)87-61-57-75(5,6)59-63-95-96-64-60-76(7,8)58-62-88-94(83,84)90-68-70(92-74(80)56-52-48-44-40-36-32-28-24-20-16-12-4)66-86-72(78)54-50-46-42-38-34-30-26-22-18-14-10-2/h69-70H,9-68H2,1-8H3/p+2. The number of phosphoric acid groups is 2. The highest BCUT2D eigenvalue weighted by Gasteiger charge is 2.34. The van der Waals surface area contributed by atoms with Crippen molar-refractivity contribution >= 4 is 61.8 Å². The van der Waals surface area contributed by atoms with Gasteiger partial charge in [0.25, 0.3) is 0 Å². The molecule has 0 aliphatic carbocycles. The summed E-state index contributed by atoms with van der Waals surface area (Å²) in [6.45, 7) is 9.67. The molecule has 0 bridgehead atoms. The molecule has 0 radical (unpaired) electrons. The molecule has 4 atom stereocenters. The molecule has 96 heavy (non-hydrogen) atoms. The minimum absolute atomic E-state index is 0.0576. The largest absolute Gasteiger partial charge is 0.606 e. The average Bonchev–Trinajstić information content (AvgIpc) is 2.24. The zero-order valence-electron chi connectivity index (χ0n) is 62.8. The average molecular weight is 1450 g/mol. The van der Waals surface area contributed by atoms with Gasteiger partial charge in [-0.3, -0.25) is 19.2 Å². The predicted octanol–water partition coefficient (Wildman–Crippen LogP) is 18.4. The van der Waals surface area contributed by atoms with Crippen molar-refractivity contribution in [2.24, 2.45) is 0 Å². The molecular weight excluding hydrogens is 1300 g/mol. The zero-order valence-corrected chi connectivity index (χ0v) is 66.2. The number of carbonyl (C=O) groups excluding carboxylic acids is 4. The number of hydrogen-bond donors (Lipinski definition) is 2. The topological polar surface area (TPSA) is 229 Å². The van der Waals surface area contributed by atoms with Gasteiger partial charge in [-0.2, -0.15) is 27.9 Å². The second-order valence-corrected chi connectivity index (χ2v) is 33.9. The van der Waals surface area contributed by atoms with E-state index in [-0.39, 0.29) is 52.1 Å². The van der Waals surface area contributed by atoms with Crippen molar-refractivity contribution in [2.75, 3.05) is 106 Å². The molecule has 18 nitrogen and oxygen atoms in total. The van der Waals surface area contributed by atoms with Gasteiger partial charge in [0, 0.05) is 25.7 Å². The maximum Gasteiger partial charge on any atom is 0.377 e. The van der Waals surface area contributed by atoms with Gasteiger partial charge >= 0.3 is 40.2 Å². The van der Waals surface area contributed by atoms with E-state index in [9.17, 15) is 38.8 Å². The Morgan fingerprint density at radius 1 is 0.323 bits per heavy atom. The molecular formula is C74H148N2O16P2S2+2. The summed E-state index contributed by atoms with van der Waals surface area (Å²) < 4.78 is 44.9. The number of nitrogens with zero attached hydrogens (tertiary/aromatic N) is 2. The van der Waals surface area contributed by atoms with Crippen LogP contribution in [-0.2, 0) is 56.2 Å². The first-order chi connectivity index (χ1) is 46.2. The van der Waals surface area contributed by atoms with E-state index in [0.717, 1.165) is 102 Å². The van der Waals surface area contributed by atoms with Crippen molar-refractivity contribution in [1.82, 2.24) is 0 Å². The molecule has 0 heterocycles. The predicted molar refractivity (Wildman–Crippen MR) is 397 cm³/mol. The minimum Gasteiger partial charge on any atom is -0.606 e. The van der Waals surface area contributed by atoms with Gasteiger partial charge in [-0.15, -0.1) is 0 Å². The first-order valence-electron chi connectivity index (χ1n) is 39.0. The third-order valence-corrected chi connectivity index (χ3v) is 22.1. The molecule has 0 amide bonds. The van der Waals surface area contributed by atoms with E-state index < -0.39 is 65.6 Å². The fourth-order valence-electron chi connectivity index (χ4n) is 11.1. The van der Waals surface area contributed by atoms with Crippen LogP contribution in [0.3, 0.4) is 0 Å². The first kappa shape index (κ1) is 95.0. The van der Waals surface area contributed by atoms with Crippen molar-refractivity contribution < 1.29 is 84.8 Å². The Balaban J connectivity index is 4.99. The Morgan fingerprint density at radius 3 is 0.781 bits per heavy atom. The third kappa shape index (κ3) is 67.5. The highest BCUT2D eigenvalue weighted by atomic mass is 33.1. The minimum atomic E-state index is -4.55. The smallest absolute Gasteiger partial charge is 0.377 e. The van der Waals surface area contributed by atoms with Crippen LogP contribution < -0.4 is 9.79 Å². The SMILES string of the molecule is CCCCCCCCCCCCCC(=O)OCC(CO[P+]([O-])(O)OCC[N+](C)(C)CCSSCC[N+](C)(C)CCO[P+]([O-])(O)OCC(COC(=O)CCCCCCCCCCCCC)OC(=O)CCCCCCCCCCCCC)OC(=O)CCCCCCCCCCCCC. The summed E-state index contributed by atoms with van der Waals surface area (Å²) in [6.07, 6.45) is 49.7. The summed E-state index contributed by atoms with van der Waals surface area (Å²) in [7, 11) is 2.38. The summed E-state index contributed by atoms with van der Waals surface area (Å²) in [4.78, 5) is 99.1. The molecule has 0 saturated carbocycles. The molecule has 0 aliphatic rings. The molecule has 0 fully saturated rings. The van der Waals surface area contributed by atoms with Gasteiger partial charge < -0.3 is 37.7 Å². The number of ether oxygens (including phenoxy) is 4. The number of unbranched alkanes of at least 4 members (excludes halogenated alkanes) is 40. The maximum absolute atomic E-state index is 13.1. The lowest BCUT2D eigenvalue weighted by Gasteiger charge is -2.31. The molecule has 0 saturated heterocycles. The lowest BCUT2D eigenvalue weighted by Crippen LogP contribution is -2.44. The van der Waals surface area contributed by atoms with Crippen LogP contribution in [0, 0.1) is 0 Å². The molecule has 2 N–H and O–H groups in total. The van der Waals surface area contributed by atoms with Gasteiger partial charge in [-0.05, 0) is 25.7 Å². The van der Waals surface area contributed by atoms with Gasteiger partial charge in [0.2, 0.25) is 0 Å². The van der Waals surface area contributed by atoms with Crippen molar-refractivity contribution in [3.05, 3.63) is 0 Å². The van der Waals surface area contributed by atoms with Gasteiger partial charge in [0.05, 0.1) is 52.8 Å². The number of hydrogen-bond acceptors (Lipinski definition) is 18. The number of quaternary nitrogens is 2. The van der Waals surface area contributed by atoms with Crippen LogP contribution in [0.1, 0.15) is 336 Å². The maximum atomic E-state index is 13.1. The molecule has 0 rings (SSSR count). The molecule has 22 heteroatoms. The van der Waals surface area contributed by atoms with Crippen LogP contribution >= 0.6 is 37.9 Å². The third-order valence-electron chi connectivity index (χ3n) is 17.8. The van der Waals surface area contributed by atoms with E-state index in [0.29, 0.717) is 47.7 Å². The Labute approximate surface area is 597 Å². The summed E-state index contributed by atoms with van der Waals surface area (Å²) in [5, 5.41) is 0. The number of likely N-dealkylation sites (N-methyl/N-ethyl adjacent to an activating group) is 2. The second kappa shape index (κ2) is 66.0. The number of phosphoric ester groups is 2. The van der Waals surface area contributed by atoms with Crippen molar-refractivity contribution in [1.29, 1.82) is 0 Å². The van der Waals surface area contributed by atoms with E-state index >= 15 is 0 Å². The monoisotopic (exact) mass is 1450 g/mol. The molecule has 570 valence electrons. The van der Waals surface area contributed by atoms with Gasteiger partial charge in [0.15, 0.2) is 12.2 Å².